The monoisotopic (exact) mass is 310 g/mol. The quantitative estimate of drug-likeness (QED) is 0.580. The topological polar surface area (TPSA) is 144 Å². The van der Waals surface area contributed by atoms with Crippen molar-refractivity contribution in [3.63, 3.8) is 0 Å². The molecule has 1 aliphatic heterocycles. The van der Waals surface area contributed by atoms with E-state index in [0.29, 0.717) is 22.4 Å². The van der Waals surface area contributed by atoms with Crippen LogP contribution >= 0.6 is 0 Å². The summed E-state index contributed by atoms with van der Waals surface area (Å²) in [7, 11) is 0. The first-order valence-corrected chi connectivity index (χ1v) is 7.08. The van der Waals surface area contributed by atoms with Crippen molar-refractivity contribution in [2.45, 2.75) is 19.8 Å². The lowest BCUT2D eigenvalue weighted by Gasteiger charge is -2.27. The van der Waals surface area contributed by atoms with Gasteiger partial charge in [-0.15, -0.1) is 4.91 Å². The second kappa shape index (κ2) is 6.32. The molecule has 1 aromatic carbocycles. The lowest BCUT2D eigenvalue weighted by molar-refractivity contribution is 0.727. The molecule has 1 aliphatic rings. The summed E-state index contributed by atoms with van der Waals surface area (Å²) in [5, 5.41) is 12.7. The van der Waals surface area contributed by atoms with Crippen molar-refractivity contribution < 1.29 is 0 Å². The van der Waals surface area contributed by atoms with Crippen molar-refractivity contribution in [2.75, 3.05) is 5.73 Å². The van der Waals surface area contributed by atoms with E-state index in [-0.39, 0.29) is 23.1 Å². The number of nitrogens with two attached hydrogens (primary N) is 3. The molecule has 7 nitrogen and oxygen atoms in total. The molecule has 0 aromatic heterocycles. The summed E-state index contributed by atoms with van der Waals surface area (Å²) >= 11 is 0. The van der Waals surface area contributed by atoms with E-state index in [0.717, 1.165) is 0 Å². The van der Waals surface area contributed by atoms with Gasteiger partial charge in [-0.2, -0.15) is 5.26 Å². The Kier molecular flexibility index (Phi) is 4.46. The minimum atomic E-state index is -0.615. The molecule has 118 valence electrons. The molecule has 0 aliphatic carbocycles. The summed E-state index contributed by atoms with van der Waals surface area (Å²) in [5.41, 5.74) is 19.8. The summed E-state index contributed by atoms with van der Waals surface area (Å²) in [6.45, 7) is 3.83. The summed E-state index contributed by atoms with van der Waals surface area (Å²) in [4.78, 5) is 15.5. The normalized spacial score (nSPS) is 19.7. The Morgan fingerprint density at radius 2 is 2.09 bits per heavy atom. The zero-order valence-corrected chi connectivity index (χ0v) is 12.9. The smallest absolute Gasteiger partial charge is 0.135 e. The number of nitriles is 1. The molecule has 0 spiro atoms. The van der Waals surface area contributed by atoms with Crippen LogP contribution < -0.4 is 17.2 Å². The van der Waals surface area contributed by atoms with Crippen LogP contribution in [0.1, 0.15) is 25.3 Å². The molecule has 0 saturated carbocycles. The minimum Gasteiger partial charge on any atom is -0.404 e. The number of hydrogen-bond acceptors (Lipinski definition) is 7. The van der Waals surface area contributed by atoms with Crippen LogP contribution in [0.5, 0.6) is 0 Å². The first-order chi connectivity index (χ1) is 11.0. The maximum absolute atomic E-state index is 11.2. The van der Waals surface area contributed by atoms with Gasteiger partial charge >= 0.3 is 0 Å². The number of nitrogen functional groups attached to an aromatic ring is 1. The van der Waals surface area contributed by atoms with Gasteiger partial charge in [0.25, 0.3) is 0 Å². The number of allylic oxidation sites excluding steroid dienone is 2. The highest BCUT2D eigenvalue weighted by molar-refractivity contribution is 6.01. The van der Waals surface area contributed by atoms with Gasteiger partial charge in [0.15, 0.2) is 0 Å². The molecule has 0 bridgehead atoms. The molecule has 0 amide bonds. The van der Waals surface area contributed by atoms with E-state index in [1.54, 1.807) is 18.2 Å². The predicted molar refractivity (Wildman–Crippen MR) is 90.4 cm³/mol. The van der Waals surface area contributed by atoms with Gasteiger partial charge in [-0.1, -0.05) is 26.0 Å². The van der Waals surface area contributed by atoms with Crippen LogP contribution in [-0.2, 0) is 0 Å². The molecule has 6 N–H and O–H groups in total. The van der Waals surface area contributed by atoms with Crippen LogP contribution in [0.3, 0.4) is 0 Å². The average molecular weight is 310 g/mol. The Morgan fingerprint density at radius 3 is 2.61 bits per heavy atom. The zero-order valence-electron chi connectivity index (χ0n) is 12.9. The molecular formula is C16H18N6O. The third-order valence-electron chi connectivity index (χ3n) is 3.76. The number of benzene rings is 1. The van der Waals surface area contributed by atoms with E-state index < -0.39 is 5.92 Å². The van der Waals surface area contributed by atoms with Crippen LogP contribution in [-0.4, -0.2) is 5.84 Å². The van der Waals surface area contributed by atoms with Gasteiger partial charge in [0, 0.05) is 11.8 Å². The SMILES string of the molecule is CC(C)C1=C(C#N)C(c2cccc(N)c2N=O)/C(=C/N)C(N)=N1. The van der Waals surface area contributed by atoms with Gasteiger partial charge in [-0.05, 0) is 22.7 Å². The van der Waals surface area contributed by atoms with E-state index in [1.165, 1.54) is 6.20 Å². The molecule has 0 radical (unpaired) electrons. The Balaban J connectivity index is 2.82. The highest BCUT2D eigenvalue weighted by atomic mass is 16.3. The highest BCUT2D eigenvalue weighted by Gasteiger charge is 2.33. The lowest BCUT2D eigenvalue weighted by Crippen LogP contribution is -2.27. The van der Waals surface area contributed by atoms with Crippen molar-refractivity contribution in [3.05, 3.63) is 51.7 Å². The van der Waals surface area contributed by atoms with Crippen LogP contribution in [0.25, 0.3) is 0 Å². The van der Waals surface area contributed by atoms with Gasteiger partial charge in [0.05, 0.1) is 28.9 Å². The third kappa shape index (κ3) is 2.66. The number of hydrogen-bond donors (Lipinski definition) is 3. The molecule has 7 heteroatoms. The lowest BCUT2D eigenvalue weighted by atomic mass is 9.79. The van der Waals surface area contributed by atoms with Crippen molar-refractivity contribution in [3.8, 4) is 6.07 Å². The maximum Gasteiger partial charge on any atom is 0.135 e. The van der Waals surface area contributed by atoms with E-state index in [1.807, 2.05) is 13.8 Å². The fraction of sp³-hybridized carbons (Fsp3) is 0.250. The van der Waals surface area contributed by atoms with E-state index in [9.17, 15) is 10.2 Å². The van der Waals surface area contributed by atoms with Gasteiger partial charge in [0.2, 0.25) is 0 Å². The van der Waals surface area contributed by atoms with Crippen molar-refractivity contribution >= 4 is 17.2 Å². The van der Waals surface area contributed by atoms with Crippen molar-refractivity contribution in [2.24, 2.45) is 27.6 Å². The van der Waals surface area contributed by atoms with Crippen LogP contribution in [0.15, 0.2) is 51.4 Å². The fourth-order valence-electron chi connectivity index (χ4n) is 2.69. The second-order valence-electron chi connectivity index (χ2n) is 5.49. The first-order valence-electron chi connectivity index (χ1n) is 7.08. The Labute approximate surface area is 134 Å². The molecule has 0 fully saturated rings. The average Bonchev–Trinajstić information content (AvgIpc) is 2.53. The van der Waals surface area contributed by atoms with E-state index >= 15 is 0 Å². The predicted octanol–water partition coefficient (Wildman–Crippen LogP) is 2.40. The number of nitroso groups, excluding NO2 is 1. The van der Waals surface area contributed by atoms with Gasteiger partial charge in [-0.25, -0.2) is 4.99 Å². The molecular weight excluding hydrogens is 292 g/mol. The first kappa shape index (κ1) is 16.2. The molecule has 1 aromatic rings. The molecule has 23 heavy (non-hydrogen) atoms. The molecule has 2 rings (SSSR count). The minimum absolute atomic E-state index is 0.0151. The highest BCUT2D eigenvalue weighted by Crippen LogP contribution is 2.43. The molecule has 1 heterocycles. The van der Waals surface area contributed by atoms with Crippen molar-refractivity contribution in [1.82, 2.24) is 0 Å². The summed E-state index contributed by atoms with van der Waals surface area (Å²) < 4.78 is 0. The number of aliphatic imine (C=N–C) groups is 1. The number of amidine groups is 1. The summed E-state index contributed by atoms with van der Waals surface area (Å²) in [6.07, 6.45) is 1.30. The largest absolute Gasteiger partial charge is 0.404 e. The van der Waals surface area contributed by atoms with E-state index in [4.69, 9.17) is 17.2 Å². The van der Waals surface area contributed by atoms with Crippen LogP contribution in [0.2, 0.25) is 0 Å². The fourth-order valence-corrected chi connectivity index (χ4v) is 2.69. The maximum atomic E-state index is 11.2. The van der Waals surface area contributed by atoms with Crippen LogP contribution in [0.4, 0.5) is 11.4 Å². The zero-order chi connectivity index (χ0) is 17.1. The molecule has 1 atom stereocenters. The van der Waals surface area contributed by atoms with Gasteiger partial charge < -0.3 is 17.2 Å². The van der Waals surface area contributed by atoms with Crippen molar-refractivity contribution in [1.29, 1.82) is 5.26 Å². The Hall–Kier alpha value is -3.14. The second-order valence-corrected chi connectivity index (χ2v) is 5.49. The third-order valence-corrected chi connectivity index (χ3v) is 3.76. The Morgan fingerprint density at radius 1 is 1.39 bits per heavy atom. The van der Waals surface area contributed by atoms with Gasteiger partial charge in [-0.3, -0.25) is 0 Å². The summed E-state index contributed by atoms with van der Waals surface area (Å²) in [6, 6.07) is 7.13. The number of nitrogens with zero attached hydrogens (tertiary/aromatic N) is 3. The standard InChI is InChI=1S/C16H18N6O/c1-8(2)14-10(6-17)13(11(7-18)16(20)21-14)9-4-3-5-12(19)15(9)22-23/h3-5,7-8,13H,18-19H2,1-2H3,(H2,20,21)/b11-7-. The van der Waals surface area contributed by atoms with Gasteiger partial charge in [0.1, 0.15) is 11.5 Å². The Bertz CT molecular complexity index is 782. The summed E-state index contributed by atoms with van der Waals surface area (Å²) in [5.74, 6) is -0.408. The molecule has 0 saturated heterocycles. The molecule has 1 unspecified atom stereocenters. The number of rotatable bonds is 3. The number of anilines is 1. The van der Waals surface area contributed by atoms with Crippen LogP contribution in [0, 0.1) is 22.2 Å². The van der Waals surface area contributed by atoms with E-state index in [2.05, 4.69) is 16.2 Å².